The van der Waals surface area contributed by atoms with Crippen molar-refractivity contribution < 1.29 is 9.18 Å². The predicted octanol–water partition coefficient (Wildman–Crippen LogP) is 3.97. The zero-order chi connectivity index (χ0) is 14.2. The highest BCUT2D eigenvalue weighted by Gasteiger charge is 2.28. The second-order valence-electron chi connectivity index (χ2n) is 5.13. The van der Waals surface area contributed by atoms with E-state index in [0.717, 1.165) is 11.5 Å². The molecule has 2 rings (SSSR count). The lowest BCUT2D eigenvalue weighted by atomic mass is 9.90. The molecule has 0 aliphatic rings. The van der Waals surface area contributed by atoms with Gasteiger partial charge in [-0.15, -0.1) is 5.10 Å². The van der Waals surface area contributed by atoms with Crippen LogP contribution in [0.2, 0.25) is 0 Å². The van der Waals surface area contributed by atoms with Crippen LogP contribution in [-0.4, -0.2) is 15.4 Å². The Balaban J connectivity index is 2.52. The monoisotopic (exact) mass is 342 g/mol. The van der Waals surface area contributed by atoms with Gasteiger partial charge in [-0.3, -0.25) is 4.79 Å². The van der Waals surface area contributed by atoms with Crippen LogP contribution < -0.4 is 0 Å². The van der Waals surface area contributed by atoms with Gasteiger partial charge in [0.05, 0.1) is 15.7 Å². The summed E-state index contributed by atoms with van der Waals surface area (Å²) in [7, 11) is 0. The van der Waals surface area contributed by atoms with Crippen molar-refractivity contribution in [3.63, 3.8) is 0 Å². The van der Waals surface area contributed by atoms with Gasteiger partial charge in [0.1, 0.15) is 10.7 Å². The van der Waals surface area contributed by atoms with Gasteiger partial charge in [-0.25, -0.2) is 4.39 Å². The van der Waals surface area contributed by atoms with Crippen LogP contribution in [-0.2, 0) is 5.41 Å². The molecule has 0 amide bonds. The fourth-order valence-electron chi connectivity index (χ4n) is 1.63. The Kier molecular flexibility index (Phi) is 3.82. The number of aromatic nitrogens is 2. The van der Waals surface area contributed by atoms with E-state index in [2.05, 4.69) is 25.5 Å². The smallest absolute Gasteiger partial charge is 0.209 e. The molecule has 0 N–H and O–H groups in total. The summed E-state index contributed by atoms with van der Waals surface area (Å²) in [5, 5.41) is 4.00. The highest BCUT2D eigenvalue weighted by Crippen LogP contribution is 2.29. The number of hydrogen-bond donors (Lipinski definition) is 0. The summed E-state index contributed by atoms with van der Waals surface area (Å²) in [5.74, 6) is -0.931. The molecular formula is C13H12BrFN2OS. The van der Waals surface area contributed by atoms with E-state index in [1.165, 1.54) is 6.07 Å². The summed E-state index contributed by atoms with van der Waals surface area (Å²) in [5.41, 5.74) is 0.327. The first kappa shape index (κ1) is 14.3. The third kappa shape index (κ3) is 2.74. The third-order valence-corrected chi connectivity index (χ3v) is 3.94. The van der Waals surface area contributed by atoms with E-state index in [-0.39, 0.29) is 21.2 Å². The number of hydrogen-bond acceptors (Lipinski definition) is 4. The summed E-state index contributed by atoms with van der Waals surface area (Å²) in [6.45, 7) is 5.83. The molecule has 2 aromatic rings. The molecule has 3 nitrogen and oxygen atoms in total. The number of ketones is 1. The average molecular weight is 343 g/mol. The number of carbonyl (C=O) groups is 1. The minimum absolute atomic E-state index is 0.0333. The van der Waals surface area contributed by atoms with Gasteiger partial charge < -0.3 is 0 Å². The fourth-order valence-corrected chi connectivity index (χ4v) is 2.83. The van der Waals surface area contributed by atoms with Crippen LogP contribution in [0.5, 0.6) is 0 Å². The van der Waals surface area contributed by atoms with Crippen molar-refractivity contribution in [3.05, 3.63) is 44.6 Å². The lowest BCUT2D eigenvalue weighted by Gasteiger charge is -2.16. The largest absolute Gasteiger partial charge is 0.287 e. The number of halogens is 2. The molecule has 100 valence electrons. The molecule has 1 heterocycles. The molecule has 1 aromatic carbocycles. The summed E-state index contributed by atoms with van der Waals surface area (Å²) in [4.78, 5) is 12.8. The first-order valence-electron chi connectivity index (χ1n) is 5.64. The highest BCUT2D eigenvalue weighted by atomic mass is 79.9. The van der Waals surface area contributed by atoms with Crippen LogP contribution in [0.4, 0.5) is 4.39 Å². The Labute approximate surface area is 123 Å². The third-order valence-electron chi connectivity index (χ3n) is 2.60. The summed E-state index contributed by atoms with van der Waals surface area (Å²) in [6.07, 6.45) is 0. The number of benzene rings is 1. The van der Waals surface area contributed by atoms with Crippen molar-refractivity contribution in [2.24, 2.45) is 0 Å². The molecule has 0 spiro atoms. The van der Waals surface area contributed by atoms with Gasteiger partial charge in [0.25, 0.3) is 0 Å². The molecule has 19 heavy (non-hydrogen) atoms. The van der Waals surface area contributed by atoms with E-state index in [4.69, 9.17) is 0 Å². The second-order valence-corrected chi connectivity index (χ2v) is 6.74. The first-order chi connectivity index (χ1) is 8.82. The number of carbonyl (C=O) groups excluding carboxylic acids is 1. The minimum Gasteiger partial charge on any atom is -0.287 e. The van der Waals surface area contributed by atoms with Crippen LogP contribution in [0.15, 0.2) is 22.7 Å². The maximum absolute atomic E-state index is 14.0. The first-order valence-corrected chi connectivity index (χ1v) is 7.20. The number of rotatable bonds is 2. The van der Waals surface area contributed by atoms with Gasteiger partial charge in [0, 0.05) is 5.41 Å². The van der Waals surface area contributed by atoms with Crippen LogP contribution >= 0.6 is 27.5 Å². The molecule has 0 unspecified atom stereocenters. The van der Waals surface area contributed by atoms with Gasteiger partial charge in [-0.05, 0) is 39.6 Å². The minimum atomic E-state index is -0.555. The Hall–Kier alpha value is -1.14. The quantitative estimate of drug-likeness (QED) is 0.775. The SMILES string of the molecule is CC(C)(C)c1nnsc1C(=O)c1cccc(Br)c1F. The van der Waals surface area contributed by atoms with E-state index in [9.17, 15) is 9.18 Å². The Bertz CT molecular complexity index is 634. The van der Waals surface area contributed by atoms with Gasteiger partial charge >= 0.3 is 0 Å². The molecule has 6 heteroatoms. The van der Waals surface area contributed by atoms with E-state index in [1.54, 1.807) is 12.1 Å². The molecule has 0 fully saturated rings. The fraction of sp³-hybridized carbons (Fsp3) is 0.308. The zero-order valence-corrected chi connectivity index (χ0v) is 13.1. The Morgan fingerprint density at radius 3 is 2.68 bits per heavy atom. The molecule has 1 aromatic heterocycles. The molecule has 0 atom stereocenters. The number of nitrogens with zero attached hydrogens (tertiary/aromatic N) is 2. The van der Waals surface area contributed by atoms with Crippen molar-refractivity contribution in [1.29, 1.82) is 0 Å². The Morgan fingerprint density at radius 2 is 2.05 bits per heavy atom. The van der Waals surface area contributed by atoms with E-state index >= 15 is 0 Å². The molecule has 0 saturated carbocycles. The molecule has 0 radical (unpaired) electrons. The molecular weight excluding hydrogens is 331 g/mol. The van der Waals surface area contributed by atoms with Crippen LogP contribution in [0.25, 0.3) is 0 Å². The van der Waals surface area contributed by atoms with Crippen molar-refractivity contribution in [1.82, 2.24) is 9.59 Å². The summed E-state index contributed by atoms with van der Waals surface area (Å²) < 4.78 is 18.1. The Morgan fingerprint density at radius 1 is 1.37 bits per heavy atom. The maximum Gasteiger partial charge on any atom is 0.209 e. The van der Waals surface area contributed by atoms with Crippen LogP contribution in [0.3, 0.4) is 0 Å². The van der Waals surface area contributed by atoms with E-state index in [1.807, 2.05) is 20.8 Å². The van der Waals surface area contributed by atoms with Gasteiger partial charge in [-0.2, -0.15) is 0 Å². The molecule has 0 bridgehead atoms. The normalized spacial score (nSPS) is 11.6. The van der Waals surface area contributed by atoms with E-state index < -0.39 is 5.82 Å². The van der Waals surface area contributed by atoms with Crippen molar-refractivity contribution >= 4 is 33.2 Å². The predicted molar refractivity (Wildman–Crippen MR) is 76.1 cm³/mol. The van der Waals surface area contributed by atoms with Crippen LogP contribution in [0.1, 0.15) is 41.7 Å². The van der Waals surface area contributed by atoms with E-state index in [0.29, 0.717) is 10.6 Å². The topological polar surface area (TPSA) is 42.9 Å². The van der Waals surface area contributed by atoms with Crippen LogP contribution in [0, 0.1) is 5.82 Å². The zero-order valence-electron chi connectivity index (χ0n) is 10.7. The second kappa shape index (κ2) is 5.09. The van der Waals surface area contributed by atoms with Gasteiger partial charge in [0.15, 0.2) is 0 Å². The highest BCUT2D eigenvalue weighted by molar-refractivity contribution is 9.10. The molecule has 0 aliphatic carbocycles. The maximum atomic E-state index is 14.0. The summed E-state index contributed by atoms with van der Waals surface area (Å²) >= 11 is 4.08. The molecule has 0 aliphatic heterocycles. The lowest BCUT2D eigenvalue weighted by molar-refractivity contribution is 0.103. The average Bonchev–Trinajstić information content (AvgIpc) is 2.80. The lowest BCUT2D eigenvalue weighted by Crippen LogP contribution is -2.17. The van der Waals surface area contributed by atoms with Crippen molar-refractivity contribution in [2.75, 3.05) is 0 Å². The van der Waals surface area contributed by atoms with Gasteiger partial charge in [0.2, 0.25) is 5.78 Å². The standard InChI is InChI=1S/C13H12BrFN2OS/c1-13(2,3)12-11(19-17-16-12)10(18)7-5-4-6-8(14)9(7)15/h4-6H,1-3H3. The van der Waals surface area contributed by atoms with Crippen molar-refractivity contribution in [2.45, 2.75) is 26.2 Å². The van der Waals surface area contributed by atoms with Crippen molar-refractivity contribution in [3.8, 4) is 0 Å². The van der Waals surface area contributed by atoms with Gasteiger partial charge in [-0.1, -0.05) is 31.3 Å². The summed E-state index contributed by atoms with van der Waals surface area (Å²) in [6, 6.07) is 4.65. The molecule has 0 saturated heterocycles.